The van der Waals surface area contributed by atoms with Crippen LogP contribution in [-0.4, -0.2) is 81.6 Å². The molecule has 4 aromatic rings. The van der Waals surface area contributed by atoms with Gasteiger partial charge < -0.3 is 14.5 Å². The van der Waals surface area contributed by atoms with Crippen LogP contribution in [0.15, 0.2) is 48.9 Å². The van der Waals surface area contributed by atoms with Gasteiger partial charge >= 0.3 is 6.01 Å². The number of carbonyl (C=O) groups excluding carboxylic acids is 1. The fourth-order valence-electron chi connectivity index (χ4n) is 6.66. The van der Waals surface area contributed by atoms with Crippen molar-refractivity contribution in [3.05, 3.63) is 65.6 Å². The second-order valence-corrected chi connectivity index (χ2v) is 12.5. The Kier molecular flexibility index (Phi) is 9.21. The summed E-state index contributed by atoms with van der Waals surface area (Å²) in [5, 5.41) is 10.5. The Morgan fingerprint density at radius 1 is 1.17 bits per heavy atom. The van der Waals surface area contributed by atoms with E-state index in [1.165, 1.54) is 17.2 Å². The highest BCUT2D eigenvalue weighted by atomic mass is 35.5. The number of ether oxygens (including phenoxy) is 1. The van der Waals surface area contributed by atoms with Crippen LogP contribution in [0, 0.1) is 23.0 Å². The molecule has 2 atom stereocenters. The van der Waals surface area contributed by atoms with Gasteiger partial charge in [0, 0.05) is 48.9 Å². The highest BCUT2D eigenvalue weighted by Crippen LogP contribution is 2.38. The molecule has 244 valence electrons. The van der Waals surface area contributed by atoms with Crippen molar-refractivity contribution in [3.8, 4) is 23.3 Å². The summed E-state index contributed by atoms with van der Waals surface area (Å²) in [5.74, 6) is -3.11. The maximum atomic E-state index is 16.7. The number of aromatic nitrogens is 3. The van der Waals surface area contributed by atoms with Gasteiger partial charge in [-0.15, -0.1) is 0 Å². The van der Waals surface area contributed by atoms with Crippen molar-refractivity contribution < 1.29 is 22.7 Å². The molecule has 0 spiro atoms. The molecule has 0 bridgehead atoms. The van der Waals surface area contributed by atoms with Gasteiger partial charge in [-0.1, -0.05) is 42.4 Å². The summed E-state index contributed by atoms with van der Waals surface area (Å²) in [6, 6.07) is 9.68. The molecule has 1 amide bonds. The van der Waals surface area contributed by atoms with Crippen LogP contribution in [0.3, 0.4) is 0 Å². The van der Waals surface area contributed by atoms with E-state index in [0.29, 0.717) is 34.8 Å². The van der Waals surface area contributed by atoms with Gasteiger partial charge in [0.25, 0.3) is 5.91 Å². The predicted molar refractivity (Wildman–Crippen MR) is 174 cm³/mol. The van der Waals surface area contributed by atoms with Gasteiger partial charge in [0.1, 0.15) is 29.5 Å². The van der Waals surface area contributed by atoms with E-state index >= 15 is 4.39 Å². The zero-order chi connectivity index (χ0) is 33.4. The summed E-state index contributed by atoms with van der Waals surface area (Å²) < 4.78 is 51.2. The number of amides is 1. The third-order valence-corrected chi connectivity index (χ3v) is 9.30. The van der Waals surface area contributed by atoms with Crippen LogP contribution in [0.5, 0.6) is 6.01 Å². The van der Waals surface area contributed by atoms with Crippen LogP contribution in [0.1, 0.15) is 33.1 Å². The van der Waals surface area contributed by atoms with Gasteiger partial charge in [-0.05, 0) is 44.7 Å². The molecule has 4 heterocycles. The van der Waals surface area contributed by atoms with E-state index in [-0.39, 0.29) is 59.7 Å². The molecule has 0 unspecified atom stereocenters. The van der Waals surface area contributed by atoms with Crippen LogP contribution in [0.2, 0.25) is 5.02 Å². The first kappa shape index (κ1) is 32.5. The van der Waals surface area contributed by atoms with Crippen LogP contribution in [-0.2, 0) is 4.79 Å². The highest BCUT2D eigenvalue weighted by molar-refractivity contribution is 6.36. The number of halogens is 4. The lowest BCUT2D eigenvalue weighted by Crippen LogP contribution is -2.55. The van der Waals surface area contributed by atoms with Crippen LogP contribution >= 0.6 is 11.6 Å². The quantitative estimate of drug-likeness (QED) is 0.199. The van der Waals surface area contributed by atoms with E-state index in [4.69, 9.17) is 21.3 Å². The third kappa shape index (κ3) is 6.17. The average molecular weight is 664 g/mol. The van der Waals surface area contributed by atoms with E-state index in [1.807, 2.05) is 0 Å². The third-order valence-electron chi connectivity index (χ3n) is 8.93. The Balaban J connectivity index is 1.46. The number of nitriles is 1. The lowest BCUT2D eigenvalue weighted by Gasteiger charge is -2.41. The predicted octanol–water partition coefficient (Wildman–Crippen LogP) is 6.44. The maximum absolute atomic E-state index is 16.7. The summed E-state index contributed by atoms with van der Waals surface area (Å²) in [6.45, 7) is 9.01. The van der Waals surface area contributed by atoms with E-state index in [1.54, 1.807) is 29.2 Å². The molecule has 2 aromatic carbocycles. The minimum Gasteiger partial charge on any atom is -0.462 e. The maximum Gasteiger partial charge on any atom is 0.319 e. The monoisotopic (exact) mass is 663 g/mol. The van der Waals surface area contributed by atoms with Gasteiger partial charge in [0.2, 0.25) is 0 Å². The molecular weight excluding hydrogens is 631 g/mol. The van der Waals surface area contributed by atoms with E-state index in [9.17, 15) is 18.8 Å². The van der Waals surface area contributed by atoms with Gasteiger partial charge in [-0.2, -0.15) is 15.2 Å². The number of benzene rings is 2. The largest absolute Gasteiger partial charge is 0.462 e. The number of hydrogen-bond acceptors (Lipinski definition) is 8. The lowest BCUT2D eigenvalue weighted by molar-refractivity contribution is -0.131. The molecule has 9 nitrogen and oxygen atoms in total. The molecule has 0 saturated carbocycles. The molecule has 47 heavy (non-hydrogen) atoms. The number of nitrogens with zero attached hydrogens (tertiary/aromatic N) is 7. The summed E-state index contributed by atoms with van der Waals surface area (Å²) in [6.07, 6.45) is 3.34. The van der Waals surface area contributed by atoms with Crippen molar-refractivity contribution >= 4 is 45.0 Å². The topological polar surface area (TPSA) is 98.5 Å². The molecule has 2 aromatic heterocycles. The van der Waals surface area contributed by atoms with Crippen molar-refractivity contribution in [2.45, 2.75) is 51.2 Å². The summed E-state index contributed by atoms with van der Waals surface area (Å²) >= 11 is 6.37. The van der Waals surface area contributed by atoms with E-state index in [2.05, 4.69) is 41.4 Å². The second-order valence-electron chi connectivity index (χ2n) is 12.1. The van der Waals surface area contributed by atoms with Gasteiger partial charge in [0.15, 0.2) is 11.6 Å². The Morgan fingerprint density at radius 3 is 2.72 bits per heavy atom. The average Bonchev–Trinajstić information content (AvgIpc) is 3.54. The minimum atomic E-state index is -1.11. The number of rotatable bonds is 8. The van der Waals surface area contributed by atoms with Crippen molar-refractivity contribution in [1.82, 2.24) is 24.8 Å². The molecule has 2 aliphatic rings. The molecule has 13 heteroatoms. The number of piperazine rings is 1. The number of fused-ring (bicyclic) bond motifs is 2. The van der Waals surface area contributed by atoms with Gasteiger partial charge in [-0.3, -0.25) is 14.7 Å². The SMILES string of the molecule is C=C(F)C(=O)N1CCN(c2nc(OC[C@@H]3CCCN3C(C)C)nc3c(F)c(-c4cccc5ccc(F)c(Cl)c45)ncc23)C[C@@H]1CC#N. The Morgan fingerprint density at radius 2 is 1.98 bits per heavy atom. The zero-order valence-electron chi connectivity index (χ0n) is 26.0. The Bertz CT molecular complexity index is 1920. The van der Waals surface area contributed by atoms with Crippen molar-refractivity contribution in [2.75, 3.05) is 37.7 Å². The van der Waals surface area contributed by atoms with Crippen molar-refractivity contribution in [2.24, 2.45) is 0 Å². The molecule has 6 rings (SSSR count). The smallest absolute Gasteiger partial charge is 0.319 e. The number of likely N-dealkylation sites (tertiary alicyclic amines) is 1. The van der Waals surface area contributed by atoms with E-state index < -0.39 is 29.4 Å². The molecule has 0 radical (unpaired) electrons. The first-order valence-electron chi connectivity index (χ1n) is 15.5. The second kappa shape index (κ2) is 13.3. The fraction of sp³-hybridized carbons (Fsp3) is 0.382. The molecule has 2 aliphatic heterocycles. The number of carbonyl (C=O) groups is 1. The van der Waals surface area contributed by atoms with Crippen LogP contribution in [0.25, 0.3) is 32.9 Å². The van der Waals surface area contributed by atoms with Crippen LogP contribution in [0.4, 0.5) is 19.0 Å². The summed E-state index contributed by atoms with van der Waals surface area (Å²) in [5.41, 5.74) is 0.145. The normalized spacial score (nSPS) is 18.7. The lowest BCUT2D eigenvalue weighted by atomic mass is 10.0. The fourth-order valence-corrected chi connectivity index (χ4v) is 6.93. The first-order valence-corrected chi connectivity index (χ1v) is 15.9. The summed E-state index contributed by atoms with van der Waals surface area (Å²) in [4.78, 5) is 31.6. The highest BCUT2D eigenvalue weighted by Gasteiger charge is 2.34. The summed E-state index contributed by atoms with van der Waals surface area (Å²) in [7, 11) is 0. The standard InChI is InChI=1S/C34H33ClF3N7O2/c1-19(2)44-13-5-7-23(44)18-47-34-41-31-25(32(42-34)43-14-15-45(33(46)20(3)36)22(17-43)11-12-39)16-40-30(29(31)38)24-8-4-6-21-9-10-26(37)28(35)27(21)24/h4,6,8-10,16,19,22-23H,3,5,7,11,13-15,17-18H2,1-2H3/t22-,23-/m0/s1. The molecular formula is C34H33ClF3N7O2. The van der Waals surface area contributed by atoms with Crippen LogP contribution < -0.4 is 9.64 Å². The van der Waals surface area contributed by atoms with Gasteiger partial charge in [0.05, 0.1) is 28.9 Å². The first-order chi connectivity index (χ1) is 22.6. The number of hydrogen-bond donors (Lipinski definition) is 0. The van der Waals surface area contributed by atoms with Crippen molar-refractivity contribution in [3.63, 3.8) is 0 Å². The molecule has 0 N–H and O–H groups in total. The Labute approximate surface area is 275 Å². The van der Waals surface area contributed by atoms with Crippen molar-refractivity contribution in [1.29, 1.82) is 5.26 Å². The minimum absolute atomic E-state index is 0.0476. The Hall–Kier alpha value is -4.47. The number of pyridine rings is 1. The molecule has 2 fully saturated rings. The molecule has 0 aliphatic carbocycles. The van der Waals surface area contributed by atoms with Gasteiger partial charge in [-0.25, -0.2) is 13.2 Å². The van der Waals surface area contributed by atoms with E-state index in [0.717, 1.165) is 19.4 Å². The number of anilines is 1. The molecule has 2 saturated heterocycles. The zero-order valence-corrected chi connectivity index (χ0v) is 26.8.